The summed E-state index contributed by atoms with van der Waals surface area (Å²) in [4.78, 5) is 0. The van der Waals surface area contributed by atoms with Gasteiger partial charge < -0.3 is 4.42 Å². The summed E-state index contributed by atoms with van der Waals surface area (Å²) in [7, 11) is 2.13. The van der Waals surface area contributed by atoms with Gasteiger partial charge in [-0.2, -0.15) is 2.78 Å². The van der Waals surface area contributed by atoms with E-state index in [2.05, 4.69) is 131 Å². The Morgan fingerprint density at radius 3 is 2.38 bits per heavy atom. The number of para-hydroxylation sites is 2. The summed E-state index contributed by atoms with van der Waals surface area (Å²) in [5.74, 6) is 1.11. The second-order valence-corrected chi connectivity index (χ2v) is 9.63. The summed E-state index contributed by atoms with van der Waals surface area (Å²) < 4.78 is 11.3. The number of imidazole rings is 1. The minimum atomic E-state index is 0.914. The summed E-state index contributed by atoms with van der Waals surface area (Å²) in [6.45, 7) is 8.40. The molecule has 0 aliphatic carbocycles. The molecule has 2 heterocycles. The third kappa shape index (κ3) is 2.78. The van der Waals surface area contributed by atoms with Crippen LogP contribution in [0.25, 0.3) is 67.3 Å². The Balaban J connectivity index is 1.85. The van der Waals surface area contributed by atoms with Gasteiger partial charge in [0, 0.05) is 16.2 Å². The first-order valence-electron chi connectivity index (χ1n) is 11.4. The Morgan fingerprint density at radius 2 is 1.65 bits per heavy atom. The van der Waals surface area contributed by atoms with E-state index in [9.17, 15) is 0 Å². The molecule has 4 aromatic carbocycles. The zero-order chi connectivity index (χ0) is 23.6. The van der Waals surface area contributed by atoms with Crippen LogP contribution in [0.2, 0.25) is 0 Å². The minimum absolute atomic E-state index is 0.914. The summed E-state index contributed by atoms with van der Waals surface area (Å²) >= 11 is 2.40. The molecule has 0 radical (unpaired) electrons. The summed E-state index contributed by atoms with van der Waals surface area (Å²) in [6.07, 6.45) is 6.23. The van der Waals surface area contributed by atoms with E-state index >= 15 is 0 Å². The Bertz CT molecular complexity index is 1780. The molecule has 34 heavy (non-hydrogen) atoms. The van der Waals surface area contributed by atoms with E-state index < -0.39 is 0 Å². The van der Waals surface area contributed by atoms with Crippen molar-refractivity contribution in [3.05, 3.63) is 90.0 Å². The lowest BCUT2D eigenvalue weighted by molar-refractivity contribution is -0.633. The lowest BCUT2D eigenvalue weighted by Crippen LogP contribution is -2.29. The van der Waals surface area contributed by atoms with Gasteiger partial charge >= 0.3 is 5.82 Å². The Kier molecular flexibility index (Phi) is 4.88. The van der Waals surface area contributed by atoms with Gasteiger partial charge in [-0.15, -0.1) is 0 Å². The van der Waals surface area contributed by atoms with Crippen molar-refractivity contribution in [2.45, 2.75) is 13.8 Å². The van der Waals surface area contributed by atoms with Crippen molar-refractivity contribution in [2.75, 3.05) is 0 Å². The highest BCUT2D eigenvalue weighted by Crippen LogP contribution is 2.44. The zero-order valence-corrected chi connectivity index (χ0v) is 21.6. The predicted octanol–water partition coefficient (Wildman–Crippen LogP) is 8.37. The molecule has 4 heteroatoms. The number of fused-ring (bicyclic) bond motifs is 6. The van der Waals surface area contributed by atoms with Crippen LogP contribution in [-0.2, 0) is 7.05 Å². The molecule has 0 atom stereocenters. The highest BCUT2D eigenvalue weighted by molar-refractivity contribution is 14.1. The van der Waals surface area contributed by atoms with E-state index in [1.54, 1.807) is 0 Å². The molecule has 0 unspecified atom stereocenters. The van der Waals surface area contributed by atoms with E-state index in [4.69, 9.17) is 4.42 Å². The molecule has 0 saturated heterocycles. The number of halogens is 1. The van der Waals surface area contributed by atoms with Crippen LogP contribution in [0.1, 0.15) is 23.6 Å². The van der Waals surface area contributed by atoms with Crippen LogP contribution in [0.3, 0.4) is 0 Å². The van der Waals surface area contributed by atoms with E-state index in [1.165, 1.54) is 27.5 Å². The van der Waals surface area contributed by atoms with E-state index in [-0.39, 0.29) is 0 Å². The van der Waals surface area contributed by atoms with Crippen molar-refractivity contribution in [2.24, 2.45) is 7.05 Å². The van der Waals surface area contributed by atoms with Gasteiger partial charge in [0.15, 0.2) is 16.6 Å². The molecule has 0 saturated carbocycles. The quantitative estimate of drug-likeness (QED) is 0.159. The molecule has 166 valence electrons. The molecule has 0 fully saturated rings. The predicted molar refractivity (Wildman–Crippen MR) is 152 cm³/mol. The van der Waals surface area contributed by atoms with Crippen molar-refractivity contribution in [1.29, 1.82) is 0 Å². The number of aryl methyl sites for hydroxylation is 2. The molecular weight excluding hydrogens is 531 g/mol. The van der Waals surface area contributed by atoms with Gasteiger partial charge in [-0.3, -0.25) is 0 Å². The second-order valence-electron chi connectivity index (χ2n) is 8.67. The average molecular weight is 555 g/mol. The number of nitrogens with zero attached hydrogens (tertiary/aromatic N) is 2. The maximum atomic E-state index is 6.81. The molecule has 3 nitrogen and oxygen atoms in total. The van der Waals surface area contributed by atoms with Crippen LogP contribution in [-0.4, -0.2) is 2.78 Å². The Hall–Kier alpha value is -3.38. The molecule has 6 rings (SSSR count). The first-order valence-corrected chi connectivity index (χ1v) is 12.3. The third-order valence-corrected chi connectivity index (χ3v) is 7.78. The summed E-state index contributed by atoms with van der Waals surface area (Å²) in [6, 6.07) is 21.4. The maximum Gasteiger partial charge on any atom is 0.302 e. The van der Waals surface area contributed by atoms with Crippen LogP contribution in [0.4, 0.5) is 0 Å². The molecule has 0 bridgehead atoms. The Labute approximate surface area is 212 Å². The second kappa shape index (κ2) is 7.84. The van der Waals surface area contributed by atoms with Crippen LogP contribution >= 0.6 is 22.9 Å². The van der Waals surface area contributed by atoms with E-state index in [1.807, 2.05) is 6.08 Å². The number of hydrogen-bond donors (Lipinski definition) is 0. The fourth-order valence-electron chi connectivity index (χ4n) is 5.29. The molecule has 2 aromatic heterocycles. The third-order valence-electron chi connectivity index (χ3n) is 6.81. The molecule has 0 aliphatic rings. The standard InChI is InChI=1S/C30H24IN2O/c1-5-11-20-19(6-2)27-23-17-16-18(3)26(29(23)34-28(27)22-13-8-7-12-21(20)22)30-32(4)24-14-9-10-15-25(24)33(30)31/h5-17H,2H2,1,3-4H3/q+1/b11-5-. The van der Waals surface area contributed by atoms with Crippen molar-refractivity contribution >= 4 is 78.8 Å². The smallest absolute Gasteiger partial charge is 0.302 e. The summed E-state index contributed by atoms with van der Waals surface area (Å²) in [5.41, 5.74) is 8.79. The van der Waals surface area contributed by atoms with Crippen molar-refractivity contribution in [3.63, 3.8) is 0 Å². The number of aromatic nitrogens is 2. The highest BCUT2D eigenvalue weighted by Gasteiger charge is 2.29. The average Bonchev–Trinajstić information content (AvgIpc) is 3.36. The van der Waals surface area contributed by atoms with Gasteiger partial charge in [-0.05, 0) is 48.1 Å². The molecule has 0 aliphatic heterocycles. The van der Waals surface area contributed by atoms with Crippen molar-refractivity contribution in [1.82, 2.24) is 2.78 Å². The number of furan rings is 1. The number of benzene rings is 4. The number of rotatable bonds is 3. The van der Waals surface area contributed by atoms with Gasteiger partial charge in [0.25, 0.3) is 0 Å². The van der Waals surface area contributed by atoms with Crippen LogP contribution < -0.4 is 4.57 Å². The van der Waals surface area contributed by atoms with Crippen LogP contribution in [0, 0.1) is 6.92 Å². The monoisotopic (exact) mass is 555 g/mol. The highest BCUT2D eigenvalue weighted by atomic mass is 127. The van der Waals surface area contributed by atoms with Gasteiger partial charge in [0.05, 0.1) is 7.05 Å². The lowest BCUT2D eigenvalue weighted by Gasteiger charge is -2.09. The largest absolute Gasteiger partial charge is 0.454 e. The Morgan fingerprint density at radius 1 is 0.912 bits per heavy atom. The molecular formula is C30H24IN2O+. The van der Waals surface area contributed by atoms with Crippen molar-refractivity contribution < 1.29 is 8.98 Å². The first kappa shape index (κ1) is 21.2. The van der Waals surface area contributed by atoms with E-state index in [0.29, 0.717) is 0 Å². The van der Waals surface area contributed by atoms with Gasteiger partial charge in [0.2, 0.25) is 22.9 Å². The normalized spacial score (nSPS) is 12.1. The van der Waals surface area contributed by atoms with Gasteiger partial charge in [-0.25, -0.2) is 4.57 Å². The molecule has 0 spiro atoms. The number of hydrogen-bond acceptors (Lipinski definition) is 1. The topological polar surface area (TPSA) is 21.9 Å². The van der Waals surface area contributed by atoms with Crippen molar-refractivity contribution in [3.8, 4) is 11.4 Å². The molecule has 0 amide bonds. The molecule has 6 aromatic rings. The minimum Gasteiger partial charge on any atom is -0.454 e. The van der Waals surface area contributed by atoms with E-state index in [0.717, 1.165) is 44.3 Å². The fraction of sp³-hybridized carbons (Fsp3) is 0.100. The number of allylic oxidation sites excluding steroid dienone is 1. The van der Waals surface area contributed by atoms with Gasteiger partial charge in [-0.1, -0.05) is 73.3 Å². The first-order chi connectivity index (χ1) is 16.6. The van der Waals surface area contributed by atoms with Crippen LogP contribution in [0.5, 0.6) is 0 Å². The zero-order valence-electron chi connectivity index (χ0n) is 19.4. The van der Waals surface area contributed by atoms with Gasteiger partial charge in [0.1, 0.15) is 11.1 Å². The summed E-state index contributed by atoms with van der Waals surface area (Å²) in [5, 5.41) is 4.53. The molecule has 0 N–H and O–H groups in total. The SMILES string of the molecule is C=Cc1c(/C=C\C)c2ccccc2c2oc3c(-c4n(I)c5ccccc5[n+]4C)c(C)ccc3c12. The lowest BCUT2D eigenvalue weighted by atomic mass is 9.92. The fourth-order valence-corrected chi connectivity index (χ4v) is 6.26. The maximum absolute atomic E-state index is 6.81. The van der Waals surface area contributed by atoms with Crippen LogP contribution in [0.15, 0.2) is 77.7 Å².